The fourth-order valence-corrected chi connectivity index (χ4v) is 3.02. The summed E-state index contributed by atoms with van der Waals surface area (Å²) < 4.78 is 5.10. The molecule has 0 aliphatic carbocycles. The average molecular weight is 293 g/mol. The van der Waals surface area contributed by atoms with E-state index in [1.54, 1.807) is 12.1 Å². The molecular weight excluding hydrogens is 270 g/mol. The molecule has 5 heteroatoms. The molecule has 0 saturated carbocycles. The highest BCUT2D eigenvalue weighted by atomic mass is 16.5. The van der Waals surface area contributed by atoms with Gasteiger partial charge in [0, 0.05) is 13.1 Å². The molecule has 0 amide bonds. The second-order valence-electron chi connectivity index (χ2n) is 6.08. The van der Waals surface area contributed by atoms with Gasteiger partial charge < -0.3 is 14.9 Å². The van der Waals surface area contributed by atoms with Crippen LogP contribution in [-0.4, -0.2) is 41.3 Å². The van der Waals surface area contributed by atoms with Gasteiger partial charge in [0.05, 0.1) is 12.5 Å². The first-order valence-corrected chi connectivity index (χ1v) is 7.20. The Morgan fingerprint density at radius 2 is 2.19 bits per heavy atom. The molecule has 21 heavy (non-hydrogen) atoms. The molecule has 116 valence electrons. The minimum atomic E-state index is -0.705. The lowest BCUT2D eigenvalue weighted by Gasteiger charge is -2.28. The predicted octanol–water partition coefficient (Wildman–Crippen LogP) is 2.33. The van der Waals surface area contributed by atoms with Gasteiger partial charge in [-0.2, -0.15) is 0 Å². The molecule has 1 aromatic rings. The molecule has 0 bridgehead atoms. The summed E-state index contributed by atoms with van der Waals surface area (Å²) in [6, 6.07) is 5.25. The van der Waals surface area contributed by atoms with E-state index in [0.29, 0.717) is 25.3 Å². The van der Waals surface area contributed by atoms with Crippen LogP contribution in [0.2, 0.25) is 0 Å². The summed E-state index contributed by atoms with van der Waals surface area (Å²) in [5.74, 6) is -0.0394. The lowest BCUT2D eigenvalue weighted by molar-refractivity contribution is -0.151. The minimum absolute atomic E-state index is 0.106. The van der Waals surface area contributed by atoms with Crippen LogP contribution in [0.15, 0.2) is 18.2 Å². The van der Waals surface area contributed by atoms with Gasteiger partial charge in [0.25, 0.3) is 0 Å². The van der Waals surface area contributed by atoms with E-state index in [1.807, 2.05) is 19.9 Å². The Morgan fingerprint density at radius 1 is 1.48 bits per heavy atom. The van der Waals surface area contributed by atoms with E-state index in [-0.39, 0.29) is 11.7 Å². The van der Waals surface area contributed by atoms with E-state index in [0.717, 1.165) is 12.1 Å². The number of carboxylic acid groups (broad SMARTS) is 1. The van der Waals surface area contributed by atoms with E-state index < -0.39 is 11.4 Å². The summed E-state index contributed by atoms with van der Waals surface area (Å²) in [5, 5.41) is 19.2. The topological polar surface area (TPSA) is 70.0 Å². The third-order valence-electron chi connectivity index (χ3n) is 4.56. The molecule has 5 nitrogen and oxygen atoms in total. The SMILES string of the molecule is COc1cc(CN2CCC(C(=O)O)(C(C)C)C2)ccc1O. The van der Waals surface area contributed by atoms with Gasteiger partial charge in [-0.25, -0.2) is 0 Å². The molecule has 1 aliphatic heterocycles. The predicted molar refractivity (Wildman–Crippen MR) is 79.5 cm³/mol. The van der Waals surface area contributed by atoms with Gasteiger partial charge in [0.1, 0.15) is 0 Å². The maximum Gasteiger partial charge on any atom is 0.311 e. The quantitative estimate of drug-likeness (QED) is 0.872. The third kappa shape index (κ3) is 2.97. The zero-order valence-electron chi connectivity index (χ0n) is 12.8. The van der Waals surface area contributed by atoms with Gasteiger partial charge in [-0.3, -0.25) is 9.69 Å². The number of rotatable bonds is 5. The number of aliphatic carboxylic acids is 1. The Bertz CT molecular complexity index is 529. The van der Waals surface area contributed by atoms with E-state index in [4.69, 9.17) is 4.74 Å². The fourth-order valence-electron chi connectivity index (χ4n) is 3.02. The molecule has 1 heterocycles. The second-order valence-corrected chi connectivity index (χ2v) is 6.08. The van der Waals surface area contributed by atoms with Crippen LogP contribution in [0.4, 0.5) is 0 Å². The van der Waals surface area contributed by atoms with Crippen LogP contribution in [0.3, 0.4) is 0 Å². The molecular formula is C16H23NO4. The van der Waals surface area contributed by atoms with Crippen molar-refractivity contribution in [3.8, 4) is 11.5 Å². The number of nitrogens with zero attached hydrogens (tertiary/aromatic N) is 1. The summed E-state index contributed by atoms with van der Waals surface area (Å²) in [4.78, 5) is 13.8. The van der Waals surface area contributed by atoms with Crippen LogP contribution in [0.5, 0.6) is 11.5 Å². The number of ether oxygens (including phenoxy) is 1. The zero-order chi connectivity index (χ0) is 15.6. The van der Waals surface area contributed by atoms with Crippen LogP contribution >= 0.6 is 0 Å². The number of carbonyl (C=O) groups is 1. The maximum atomic E-state index is 11.6. The van der Waals surface area contributed by atoms with Crippen LogP contribution in [0, 0.1) is 11.3 Å². The molecule has 2 N–H and O–H groups in total. The Labute approximate surface area is 125 Å². The van der Waals surface area contributed by atoms with Gasteiger partial charge in [-0.05, 0) is 36.6 Å². The van der Waals surface area contributed by atoms with E-state index in [1.165, 1.54) is 7.11 Å². The molecule has 1 aliphatic rings. The number of hydrogen-bond acceptors (Lipinski definition) is 4. The van der Waals surface area contributed by atoms with E-state index in [2.05, 4.69) is 4.90 Å². The normalized spacial score (nSPS) is 22.7. The first-order chi connectivity index (χ1) is 9.89. The Balaban J connectivity index is 2.10. The molecule has 1 atom stereocenters. The van der Waals surface area contributed by atoms with Crippen molar-refractivity contribution in [1.29, 1.82) is 0 Å². The molecule has 1 aromatic carbocycles. The summed E-state index contributed by atoms with van der Waals surface area (Å²) in [5.41, 5.74) is 0.357. The zero-order valence-corrected chi connectivity index (χ0v) is 12.8. The number of hydrogen-bond donors (Lipinski definition) is 2. The van der Waals surface area contributed by atoms with Gasteiger partial charge in [-0.15, -0.1) is 0 Å². The van der Waals surface area contributed by atoms with Crippen molar-refractivity contribution in [2.24, 2.45) is 11.3 Å². The van der Waals surface area contributed by atoms with Gasteiger partial charge in [0.15, 0.2) is 11.5 Å². The molecule has 1 unspecified atom stereocenters. The van der Waals surface area contributed by atoms with Crippen molar-refractivity contribution < 1.29 is 19.7 Å². The lowest BCUT2D eigenvalue weighted by atomic mass is 9.76. The van der Waals surface area contributed by atoms with Crippen molar-refractivity contribution in [3.63, 3.8) is 0 Å². The Kier molecular flexibility index (Phi) is 4.42. The maximum absolute atomic E-state index is 11.6. The lowest BCUT2D eigenvalue weighted by Crippen LogP contribution is -2.39. The van der Waals surface area contributed by atoms with Crippen molar-refractivity contribution in [2.75, 3.05) is 20.2 Å². The van der Waals surface area contributed by atoms with Gasteiger partial charge in [0.2, 0.25) is 0 Å². The molecule has 0 radical (unpaired) electrons. The second kappa shape index (κ2) is 5.93. The van der Waals surface area contributed by atoms with E-state index >= 15 is 0 Å². The summed E-state index contributed by atoms with van der Waals surface area (Å²) in [6.45, 7) is 5.94. The number of phenols is 1. The number of likely N-dealkylation sites (tertiary alicyclic amines) is 1. The number of methoxy groups -OCH3 is 1. The minimum Gasteiger partial charge on any atom is -0.504 e. The first kappa shape index (κ1) is 15.6. The summed E-state index contributed by atoms with van der Waals surface area (Å²) in [6.07, 6.45) is 0.676. The first-order valence-electron chi connectivity index (χ1n) is 7.20. The highest BCUT2D eigenvalue weighted by molar-refractivity contribution is 5.75. The number of aromatic hydroxyl groups is 1. The standard InChI is InChI=1S/C16H23NO4/c1-11(2)16(15(19)20)6-7-17(10-16)9-12-4-5-13(18)14(8-12)21-3/h4-5,8,11,18H,6-7,9-10H2,1-3H3,(H,19,20). The number of benzene rings is 1. The van der Waals surface area contributed by atoms with Crippen LogP contribution in [0.1, 0.15) is 25.8 Å². The van der Waals surface area contributed by atoms with Crippen LogP contribution in [0.25, 0.3) is 0 Å². The summed E-state index contributed by atoms with van der Waals surface area (Å²) in [7, 11) is 1.52. The monoisotopic (exact) mass is 293 g/mol. The Hall–Kier alpha value is -1.75. The largest absolute Gasteiger partial charge is 0.504 e. The van der Waals surface area contributed by atoms with Crippen LogP contribution < -0.4 is 4.74 Å². The average Bonchev–Trinajstić information content (AvgIpc) is 2.86. The number of carboxylic acids is 1. The summed E-state index contributed by atoms with van der Waals surface area (Å²) >= 11 is 0. The smallest absolute Gasteiger partial charge is 0.311 e. The van der Waals surface area contributed by atoms with E-state index in [9.17, 15) is 15.0 Å². The van der Waals surface area contributed by atoms with Crippen molar-refractivity contribution >= 4 is 5.97 Å². The van der Waals surface area contributed by atoms with Gasteiger partial charge in [-0.1, -0.05) is 19.9 Å². The highest BCUT2D eigenvalue weighted by Crippen LogP contribution is 2.39. The molecule has 0 spiro atoms. The molecule has 1 fully saturated rings. The third-order valence-corrected chi connectivity index (χ3v) is 4.56. The molecule has 2 rings (SSSR count). The Morgan fingerprint density at radius 3 is 2.71 bits per heavy atom. The van der Waals surface area contributed by atoms with Crippen LogP contribution in [-0.2, 0) is 11.3 Å². The molecule has 1 saturated heterocycles. The van der Waals surface area contributed by atoms with Crippen molar-refractivity contribution in [1.82, 2.24) is 4.90 Å². The van der Waals surface area contributed by atoms with Crippen molar-refractivity contribution in [3.05, 3.63) is 23.8 Å². The fraction of sp³-hybridized carbons (Fsp3) is 0.562. The highest BCUT2D eigenvalue weighted by Gasteiger charge is 2.47. The van der Waals surface area contributed by atoms with Crippen molar-refractivity contribution in [2.45, 2.75) is 26.8 Å². The van der Waals surface area contributed by atoms with Gasteiger partial charge >= 0.3 is 5.97 Å². The number of phenolic OH excluding ortho intramolecular Hbond substituents is 1. The molecule has 0 aromatic heterocycles.